The van der Waals surface area contributed by atoms with Crippen LogP contribution in [0.25, 0.3) is 0 Å². The van der Waals surface area contributed by atoms with E-state index in [0.717, 1.165) is 27.9 Å². The molecular weight excluding hydrogens is 368 g/mol. The van der Waals surface area contributed by atoms with Gasteiger partial charge in [-0.25, -0.2) is 0 Å². The van der Waals surface area contributed by atoms with Gasteiger partial charge < -0.3 is 15.0 Å². The highest BCUT2D eigenvalue weighted by atomic mass is 16.5. The quantitative estimate of drug-likeness (QED) is 0.788. The molecule has 1 aliphatic rings. The lowest BCUT2D eigenvalue weighted by Crippen LogP contribution is -2.29. The van der Waals surface area contributed by atoms with E-state index in [4.69, 9.17) is 4.74 Å². The van der Waals surface area contributed by atoms with E-state index >= 15 is 0 Å². The lowest BCUT2D eigenvalue weighted by atomic mass is 10.1. The number of hydrogen-bond acceptors (Lipinski definition) is 4. The number of carbonyl (C=O) groups is 3. The standard InChI is InChI=1S/C23H26N2O4/c1-14-8-15(2)10-19(9-14)24-20(26)13-29-23(28)18-11-21(27)25(12-18)22-16(3)6-5-7-17(22)4/h5-10,18H,11-13H2,1-4H3,(H,24,26)/t18-/m1/s1. The maximum Gasteiger partial charge on any atom is 0.311 e. The molecule has 0 radical (unpaired) electrons. The Kier molecular flexibility index (Phi) is 6.01. The Morgan fingerprint density at radius 2 is 1.69 bits per heavy atom. The van der Waals surface area contributed by atoms with Crippen LogP contribution in [0.4, 0.5) is 11.4 Å². The zero-order valence-electron chi connectivity index (χ0n) is 17.2. The molecule has 2 aromatic rings. The Hall–Kier alpha value is -3.15. The van der Waals surface area contributed by atoms with E-state index < -0.39 is 17.8 Å². The molecule has 1 heterocycles. The number of para-hydroxylation sites is 1. The summed E-state index contributed by atoms with van der Waals surface area (Å²) in [4.78, 5) is 38.7. The highest BCUT2D eigenvalue weighted by molar-refractivity contribution is 6.01. The van der Waals surface area contributed by atoms with Gasteiger partial charge in [0.25, 0.3) is 5.91 Å². The first kappa shape index (κ1) is 20.6. The predicted molar refractivity (Wildman–Crippen MR) is 112 cm³/mol. The third-order valence-corrected chi connectivity index (χ3v) is 5.02. The minimum Gasteiger partial charge on any atom is -0.455 e. The second-order valence-electron chi connectivity index (χ2n) is 7.68. The van der Waals surface area contributed by atoms with E-state index in [1.165, 1.54) is 0 Å². The summed E-state index contributed by atoms with van der Waals surface area (Å²) in [7, 11) is 0. The molecule has 1 atom stereocenters. The van der Waals surface area contributed by atoms with E-state index in [1.807, 2.05) is 64.1 Å². The number of benzene rings is 2. The number of aryl methyl sites for hydroxylation is 4. The van der Waals surface area contributed by atoms with Crippen molar-refractivity contribution in [2.45, 2.75) is 34.1 Å². The molecule has 0 aromatic heterocycles. The molecule has 152 valence electrons. The van der Waals surface area contributed by atoms with Gasteiger partial charge in [0.15, 0.2) is 6.61 Å². The van der Waals surface area contributed by atoms with Gasteiger partial charge in [-0.1, -0.05) is 24.3 Å². The maximum absolute atomic E-state index is 12.5. The van der Waals surface area contributed by atoms with Gasteiger partial charge in [-0.15, -0.1) is 0 Å². The van der Waals surface area contributed by atoms with Crippen LogP contribution >= 0.6 is 0 Å². The van der Waals surface area contributed by atoms with Crippen molar-refractivity contribution in [1.29, 1.82) is 0 Å². The van der Waals surface area contributed by atoms with Gasteiger partial charge in [-0.3, -0.25) is 14.4 Å². The van der Waals surface area contributed by atoms with Gasteiger partial charge in [0, 0.05) is 24.3 Å². The summed E-state index contributed by atoms with van der Waals surface area (Å²) in [5.41, 5.74) is 5.56. The third-order valence-electron chi connectivity index (χ3n) is 5.02. The number of hydrogen-bond donors (Lipinski definition) is 1. The normalized spacial score (nSPS) is 16.1. The molecule has 6 nitrogen and oxygen atoms in total. The Morgan fingerprint density at radius 3 is 2.31 bits per heavy atom. The van der Waals surface area contributed by atoms with Crippen molar-refractivity contribution in [3.05, 3.63) is 58.7 Å². The van der Waals surface area contributed by atoms with E-state index in [2.05, 4.69) is 5.32 Å². The molecule has 0 unspecified atom stereocenters. The number of anilines is 2. The lowest BCUT2D eigenvalue weighted by molar-refractivity contribution is -0.151. The first-order valence-electron chi connectivity index (χ1n) is 9.66. The lowest BCUT2D eigenvalue weighted by Gasteiger charge is -2.21. The van der Waals surface area contributed by atoms with Crippen molar-refractivity contribution in [2.75, 3.05) is 23.4 Å². The Balaban J connectivity index is 1.57. The fourth-order valence-electron chi connectivity index (χ4n) is 3.81. The van der Waals surface area contributed by atoms with Crippen LogP contribution in [0.2, 0.25) is 0 Å². The molecule has 2 aromatic carbocycles. The molecule has 0 bridgehead atoms. The molecule has 1 fully saturated rings. The van der Waals surface area contributed by atoms with Crippen LogP contribution in [0.1, 0.15) is 28.7 Å². The summed E-state index contributed by atoms with van der Waals surface area (Å²) in [6.45, 7) is 7.67. The van der Waals surface area contributed by atoms with E-state index in [9.17, 15) is 14.4 Å². The molecule has 6 heteroatoms. The second-order valence-corrected chi connectivity index (χ2v) is 7.68. The van der Waals surface area contributed by atoms with Gasteiger partial charge in [-0.2, -0.15) is 0 Å². The first-order valence-corrected chi connectivity index (χ1v) is 9.66. The molecule has 1 saturated heterocycles. The molecule has 29 heavy (non-hydrogen) atoms. The average Bonchev–Trinajstić information content (AvgIpc) is 3.00. The Morgan fingerprint density at radius 1 is 1.07 bits per heavy atom. The number of amides is 2. The molecule has 2 amide bonds. The Labute approximate surface area is 170 Å². The zero-order chi connectivity index (χ0) is 21.1. The van der Waals surface area contributed by atoms with Crippen LogP contribution in [-0.4, -0.2) is 30.9 Å². The fraction of sp³-hybridized carbons (Fsp3) is 0.348. The summed E-state index contributed by atoms with van der Waals surface area (Å²) in [6, 6.07) is 11.5. The van der Waals surface area contributed by atoms with Crippen molar-refractivity contribution >= 4 is 29.2 Å². The number of carbonyl (C=O) groups excluding carboxylic acids is 3. The van der Waals surface area contributed by atoms with E-state index in [-0.39, 0.29) is 25.5 Å². The summed E-state index contributed by atoms with van der Waals surface area (Å²) < 4.78 is 5.18. The minimum absolute atomic E-state index is 0.0886. The van der Waals surface area contributed by atoms with Gasteiger partial charge in [-0.05, 0) is 62.1 Å². The molecule has 1 N–H and O–H groups in total. The van der Waals surface area contributed by atoms with Gasteiger partial charge in [0.05, 0.1) is 5.92 Å². The summed E-state index contributed by atoms with van der Waals surface area (Å²) in [5, 5.41) is 2.73. The zero-order valence-corrected chi connectivity index (χ0v) is 17.2. The third kappa shape index (κ3) is 4.83. The number of rotatable bonds is 5. The van der Waals surface area contributed by atoms with Crippen molar-refractivity contribution in [1.82, 2.24) is 0 Å². The Bertz CT molecular complexity index is 927. The van der Waals surface area contributed by atoms with Gasteiger partial charge >= 0.3 is 5.97 Å². The van der Waals surface area contributed by atoms with Crippen LogP contribution in [-0.2, 0) is 19.1 Å². The van der Waals surface area contributed by atoms with E-state index in [0.29, 0.717) is 5.69 Å². The van der Waals surface area contributed by atoms with Crippen LogP contribution in [0.15, 0.2) is 36.4 Å². The topological polar surface area (TPSA) is 75.7 Å². The minimum atomic E-state index is -0.574. The molecule has 0 saturated carbocycles. The summed E-state index contributed by atoms with van der Waals surface area (Å²) in [6.07, 6.45) is 0.0886. The van der Waals surface area contributed by atoms with E-state index in [1.54, 1.807) is 4.90 Å². The SMILES string of the molecule is Cc1cc(C)cc(NC(=O)COC(=O)[C@@H]2CC(=O)N(c3c(C)cccc3C)C2)c1. The van der Waals surface area contributed by atoms with Crippen molar-refractivity contribution in [3.8, 4) is 0 Å². The highest BCUT2D eigenvalue weighted by Gasteiger charge is 2.37. The van der Waals surface area contributed by atoms with Crippen LogP contribution in [0.3, 0.4) is 0 Å². The highest BCUT2D eigenvalue weighted by Crippen LogP contribution is 2.31. The van der Waals surface area contributed by atoms with Gasteiger partial charge in [0.1, 0.15) is 0 Å². The fourth-order valence-corrected chi connectivity index (χ4v) is 3.81. The number of ether oxygens (including phenoxy) is 1. The molecule has 3 rings (SSSR count). The second kappa shape index (κ2) is 8.47. The van der Waals surface area contributed by atoms with Crippen LogP contribution in [0, 0.1) is 33.6 Å². The molecular formula is C23H26N2O4. The summed E-state index contributed by atoms with van der Waals surface area (Å²) in [5.74, 6) is -1.61. The monoisotopic (exact) mass is 394 g/mol. The largest absolute Gasteiger partial charge is 0.455 e. The number of esters is 1. The molecule has 1 aliphatic heterocycles. The first-order chi connectivity index (χ1) is 13.7. The number of nitrogens with zero attached hydrogens (tertiary/aromatic N) is 1. The van der Waals surface area contributed by atoms with Gasteiger partial charge in [0.2, 0.25) is 5.91 Å². The molecule has 0 aliphatic carbocycles. The number of nitrogens with one attached hydrogen (secondary N) is 1. The predicted octanol–water partition coefficient (Wildman–Crippen LogP) is 3.46. The average molecular weight is 394 g/mol. The molecule has 0 spiro atoms. The van der Waals surface area contributed by atoms with Crippen LogP contribution in [0.5, 0.6) is 0 Å². The van der Waals surface area contributed by atoms with Crippen LogP contribution < -0.4 is 10.2 Å². The smallest absolute Gasteiger partial charge is 0.311 e. The maximum atomic E-state index is 12.5. The summed E-state index contributed by atoms with van der Waals surface area (Å²) >= 11 is 0. The van der Waals surface area contributed by atoms with Crippen molar-refractivity contribution < 1.29 is 19.1 Å². The van der Waals surface area contributed by atoms with Crippen molar-refractivity contribution in [2.24, 2.45) is 5.92 Å². The van der Waals surface area contributed by atoms with Crippen molar-refractivity contribution in [3.63, 3.8) is 0 Å².